The number of esters is 1. The number of methoxy groups -OCH3 is 1. The maximum atomic E-state index is 12.3. The van der Waals surface area contributed by atoms with Crippen LogP contribution in [-0.2, 0) is 14.3 Å². The molecule has 21 heavy (non-hydrogen) atoms. The van der Waals surface area contributed by atoms with Crippen LogP contribution in [0.5, 0.6) is 0 Å². The molecule has 0 radical (unpaired) electrons. The quantitative estimate of drug-likeness (QED) is 0.722. The zero-order valence-electron chi connectivity index (χ0n) is 12.6. The number of nitrogens with zero attached hydrogens (tertiary/aromatic N) is 1. The maximum Gasteiger partial charge on any atom is 0.326 e. The summed E-state index contributed by atoms with van der Waals surface area (Å²) in [4.78, 5) is 36.2. The van der Waals surface area contributed by atoms with Crippen molar-refractivity contribution in [1.29, 1.82) is 0 Å². The number of rotatable bonds is 6. The summed E-state index contributed by atoms with van der Waals surface area (Å²) in [5, 5.41) is 11.5. The third-order valence-electron chi connectivity index (χ3n) is 3.81. The highest BCUT2D eigenvalue weighted by Gasteiger charge is 2.29. The van der Waals surface area contributed by atoms with Gasteiger partial charge >= 0.3 is 18.0 Å². The van der Waals surface area contributed by atoms with Gasteiger partial charge in [0.15, 0.2) is 0 Å². The van der Waals surface area contributed by atoms with Gasteiger partial charge in [-0.05, 0) is 19.8 Å². The van der Waals surface area contributed by atoms with Crippen molar-refractivity contribution < 1.29 is 24.2 Å². The van der Waals surface area contributed by atoms with Gasteiger partial charge in [-0.25, -0.2) is 9.59 Å². The van der Waals surface area contributed by atoms with Crippen LogP contribution in [0.15, 0.2) is 0 Å². The molecule has 7 nitrogen and oxygen atoms in total. The lowest BCUT2D eigenvalue weighted by atomic mass is 9.94. The maximum absolute atomic E-state index is 12.3. The molecule has 120 valence electrons. The molecule has 1 rings (SSSR count). The minimum Gasteiger partial charge on any atom is -0.480 e. The van der Waals surface area contributed by atoms with Crippen molar-refractivity contribution >= 4 is 18.0 Å². The summed E-state index contributed by atoms with van der Waals surface area (Å²) in [6.45, 7) is 2.38. The lowest BCUT2D eigenvalue weighted by Gasteiger charge is -2.34. The summed E-state index contributed by atoms with van der Waals surface area (Å²) in [7, 11) is 1.18. The van der Waals surface area contributed by atoms with Crippen LogP contribution in [0.2, 0.25) is 0 Å². The Kier molecular flexibility index (Phi) is 6.98. The number of hydrogen-bond donors (Lipinski definition) is 2. The largest absolute Gasteiger partial charge is 0.480 e. The van der Waals surface area contributed by atoms with E-state index >= 15 is 0 Å². The Bertz CT molecular complexity index is 380. The number of nitrogens with one attached hydrogen (secondary N) is 1. The van der Waals surface area contributed by atoms with Crippen LogP contribution < -0.4 is 5.32 Å². The highest BCUT2D eigenvalue weighted by atomic mass is 16.5. The molecule has 0 aromatic carbocycles. The molecule has 0 aromatic rings. The Morgan fingerprint density at radius 1 is 1.29 bits per heavy atom. The molecule has 1 aliphatic rings. The van der Waals surface area contributed by atoms with E-state index in [0.717, 1.165) is 25.7 Å². The van der Waals surface area contributed by atoms with E-state index in [2.05, 4.69) is 10.1 Å². The van der Waals surface area contributed by atoms with E-state index < -0.39 is 24.0 Å². The SMILES string of the molecule is CCN(C(=O)N[C@@H](CC(=O)OC)C(=O)O)C1CCCCC1. The molecule has 0 spiro atoms. The first-order valence-electron chi connectivity index (χ1n) is 7.36. The van der Waals surface area contributed by atoms with Crippen molar-refractivity contribution in [3.63, 3.8) is 0 Å². The van der Waals surface area contributed by atoms with Crippen molar-refractivity contribution in [3.8, 4) is 0 Å². The van der Waals surface area contributed by atoms with Crippen molar-refractivity contribution in [1.82, 2.24) is 10.2 Å². The second kappa shape index (κ2) is 8.49. The molecular weight excluding hydrogens is 276 g/mol. The van der Waals surface area contributed by atoms with Crippen LogP contribution in [0.25, 0.3) is 0 Å². The molecule has 0 heterocycles. The molecule has 1 fully saturated rings. The summed E-state index contributed by atoms with van der Waals surface area (Å²) in [6, 6.07) is -1.54. The van der Waals surface area contributed by atoms with Crippen LogP contribution >= 0.6 is 0 Å². The van der Waals surface area contributed by atoms with E-state index in [4.69, 9.17) is 5.11 Å². The highest BCUT2D eigenvalue weighted by Crippen LogP contribution is 2.22. The smallest absolute Gasteiger partial charge is 0.326 e. The van der Waals surface area contributed by atoms with Gasteiger partial charge in [0.05, 0.1) is 13.5 Å². The molecular formula is C14H24N2O5. The van der Waals surface area contributed by atoms with Crippen LogP contribution in [-0.4, -0.2) is 53.7 Å². The number of carbonyl (C=O) groups is 3. The molecule has 0 aromatic heterocycles. The average molecular weight is 300 g/mol. The molecule has 2 amide bonds. The number of ether oxygens (including phenoxy) is 1. The van der Waals surface area contributed by atoms with E-state index in [0.29, 0.717) is 6.54 Å². The third kappa shape index (κ3) is 5.24. The number of aliphatic carboxylic acids is 1. The standard InChI is InChI=1S/C14H24N2O5/c1-3-16(10-7-5-4-6-8-10)14(20)15-11(13(18)19)9-12(17)21-2/h10-11H,3-9H2,1-2H3,(H,15,20)(H,18,19)/t11-/m0/s1. The number of hydrogen-bond acceptors (Lipinski definition) is 4. The molecule has 2 N–H and O–H groups in total. The van der Waals surface area contributed by atoms with E-state index in [1.54, 1.807) is 4.90 Å². The monoisotopic (exact) mass is 300 g/mol. The predicted octanol–water partition coefficient (Wildman–Crippen LogP) is 1.37. The average Bonchev–Trinajstić information content (AvgIpc) is 2.48. The first kappa shape index (κ1) is 17.3. The fourth-order valence-corrected chi connectivity index (χ4v) is 2.64. The second-order valence-corrected chi connectivity index (χ2v) is 5.20. The number of carbonyl (C=O) groups excluding carboxylic acids is 2. The summed E-state index contributed by atoms with van der Waals surface area (Å²) in [5.41, 5.74) is 0. The second-order valence-electron chi connectivity index (χ2n) is 5.20. The molecule has 1 atom stereocenters. The Morgan fingerprint density at radius 3 is 2.38 bits per heavy atom. The lowest BCUT2D eigenvalue weighted by Crippen LogP contribution is -2.52. The van der Waals surface area contributed by atoms with Gasteiger partial charge in [0.2, 0.25) is 0 Å². The molecule has 0 bridgehead atoms. The predicted molar refractivity (Wildman–Crippen MR) is 75.8 cm³/mol. The van der Waals surface area contributed by atoms with Gasteiger partial charge in [0, 0.05) is 12.6 Å². The Balaban J connectivity index is 2.64. The number of amides is 2. The molecule has 0 saturated heterocycles. The van der Waals surface area contributed by atoms with E-state index in [9.17, 15) is 14.4 Å². The van der Waals surface area contributed by atoms with Crippen molar-refractivity contribution in [3.05, 3.63) is 0 Å². The van der Waals surface area contributed by atoms with Gasteiger partial charge in [-0.2, -0.15) is 0 Å². The lowest BCUT2D eigenvalue weighted by molar-refractivity contribution is -0.147. The van der Waals surface area contributed by atoms with Crippen molar-refractivity contribution in [2.75, 3.05) is 13.7 Å². The van der Waals surface area contributed by atoms with E-state index in [-0.39, 0.29) is 12.5 Å². The minimum absolute atomic E-state index is 0.149. The van der Waals surface area contributed by atoms with Crippen molar-refractivity contribution in [2.45, 2.75) is 57.5 Å². The van der Waals surface area contributed by atoms with Crippen molar-refractivity contribution in [2.24, 2.45) is 0 Å². The third-order valence-corrected chi connectivity index (χ3v) is 3.81. The molecule has 1 saturated carbocycles. The fraction of sp³-hybridized carbons (Fsp3) is 0.786. The molecule has 0 aliphatic heterocycles. The highest BCUT2D eigenvalue weighted by molar-refractivity contribution is 5.86. The Labute approximate surface area is 124 Å². The summed E-state index contributed by atoms with van der Waals surface area (Å²) in [6.07, 6.45) is 4.85. The van der Waals surface area contributed by atoms with Gasteiger partial charge in [-0.15, -0.1) is 0 Å². The molecule has 1 aliphatic carbocycles. The molecule has 7 heteroatoms. The fourth-order valence-electron chi connectivity index (χ4n) is 2.64. The van der Waals surface area contributed by atoms with Gasteiger partial charge < -0.3 is 20.1 Å². The summed E-state index contributed by atoms with van der Waals surface area (Å²) >= 11 is 0. The zero-order chi connectivity index (χ0) is 15.8. The Morgan fingerprint density at radius 2 is 1.90 bits per heavy atom. The first-order valence-corrected chi connectivity index (χ1v) is 7.36. The van der Waals surface area contributed by atoms with Crippen LogP contribution in [0.1, 0.15) is 45.4 Å². The van der Waals surface area contributed by atoms with Gasteiger partial charge in [0.25, 0.3) is 0 Å². The van der Waals surface area contributed by atoms with Crippen LogP contribution in [0.4, 0.5) is 4.79 Å². The normalized spacial score (nSPS) is 16.9. The van der Waals surface area contributed by atoms with Gasteiger partial charge in [-0.3, -0.25) is 4.79 Å². The van der Waals surface area contributed by atoms with Crippen LogP contribution in [0.3, 0.4) is 0 Å². The summed E-state index contributed by atoms with van der Waals surface area (Å²) in [5.74, 6) is -1.91. The van der Waals surface area contributed by atoms with E-state index in [1.165, 1.54) is 13.5 Å². The van der Waals surface area contributed by atoms with Gasteiger partial charge in [0.1, 0.15) is 6.04 Å². The zero-order valence-corrected chi connectivity index (χ0v) is 12.6. The topological polar surface area (TPSA) is 95.9 Å². The molecule has 0 unspecified atom stereocenters. The number of carboxylic acid groups (broad SMARTS) is 1. The summed E-state index contributed by atoms with van der Waals surface area (Å²) < 4.78 is 4.45. The number of urea groups is 1. The van der Waals surface area contributed by atoms with Gasteiger partial charge in [-0.1, -0.05) is 19.3 Å². The van der Waals surface area contributed by atoms with E-state index in [1.807, 2.05) is 6.92 Å². The first-order chi connectivity index (χ1) is 9.99. The minimum atomic E-state index is -1.26. The Hall–Kier alpha value is -1.79. The number of carboxylic acids is 1. The van der Waals surface area contributed by atoms with Crippen LogP contribution in [0, 0.1) is 0 Å².